The van der Waals surface area contributed by atoms with Gasteiger partial charge in [0.1, 0.15) is 0 Å². The second-order valence-electron chi connectivity index (χ2n) is 3.45. The number of aliphatic hydroxyl groups is 1. The fourth-order valence-corrected chi connectivity index (χ4v) is 1.36. The minimum absolute atomic E-state index is 0.250. The highest BCUT2D eigenvalue weighted by Crippen LogP contribution is 2.10. The summed E-state index contributed by atoms with van der Waals surface area (Å²) in [4.78, 5) is 0. The van der Waals surface area contributed by atoms with Crippen LogP contribution in [-0.4, -0.2) is 11.2 Å². The van der Waals surface area contributed by atoms with Crippen molar-refractivity contribution in [3.8, 4) is 0 Å². The first-order chi connectivity index (χ1) is 6.18. The molecule has 1 N–H and O–H groups in total. The van der Waals surface area contributed by atoms with Gasteiger partial charge in [-0.25, -0.2) is 0 Å². The van der Waals surface area contributed by atoms with E-state index in [4.69, 9.17) is 5.11 Å². The largest absolute Gasteiger partial charge is 0.393 e. The summed E-state index contributed by atoms with van der Waals surface area (Å²) < 4.78 is 0. The Morgan fingerprint density at radius 1 is 1.38 bits per heavy atom. The van der Waals surface area contributed by atoms with Crippen LogP contribution in [0.1, 0.15) is 25.8 Å². The molecule has 0 aliphatic heterocycles. The van der Waals surface area contributed by atoms with E-state index in [1.54, 1.807) is 0 Å². The average molecular weight is 176 g/mol. The van der Waals surface area contributed by atoms with Crippen LogP contribution in [0.25, 0.3) is 6.08 Å². The van der Waals surface area contributed by atoms with Gasteiger partial charge in [-0.1, -0.05) is 42.0 Å². The Morgan fingerprint density at radius 2 is 2.00 bits per heavy atom. The smallest absolute Gasteiger partial charge is 0.0549 e. The minimum Gasteiger partial charge on any atom is -0.393 e. The lowest BCUT2D eigenvalue weighted by molar-refractivity contribution is 0.195. The molecular formula is C12H16O. The monoisotopic (exact) mass is 176 g/mol. The molecule has 1 nitrogen and oxygen atoms in total. The van der Waals surface area contributed by atoms with Crippen LogP contribution >= 0.6 is 0 Å². The molecule has 70 valence electrons. The molecule has 1 heteroatoms. The lowest BCUT2D eigenvalue weighted by atomic mass is 10.1. The molecule has 0 unspecified atom stereocenters. The number of aliphatic hydroxyl groups excluding tert-OH is 1. The minimum atomic E-state index is -0.250. The summed E-state index contributed by atoms with van der Waals surface area (Å²) in [6.07, 6.45) is 2.60. The molecule has 1 aromatic rings. The molecule has 0 fully saturated rings. The van der Waals surface area contributed by atoms with Gasteiger partial charge in [-0.2, -0.15) is 0 Å². The second kappa shape index (κ2) is 4.83. The Bertz CT molecular complexity index is 272. The maximum atomic E-state index is 9.16. The van der Waals surface area contributed by atoms with Crippen molar-refractivity contribution >= 4 is 6.08 Å². The molecule has 0 aliphatic rings. The Balaban J connectivity index is 2.66. The van der Waals surface area contributed by atoms with Gasteiger partial charge in [-0.3, -0.25) is 0 Å². The SMILES string of the molecule is CC(=Cc1ccccc1)C[C@H](C)O. The van der Waals surface area contributed by atoms with E-state index in [9.17, 15) is 0 Å². The van der Waals surface area contributed by atoms with Crippen molar-refractivity contribution in [2.75, 3.05) is 0 Å². The van der Waals surface area contributed by atoms with Crippen molar-refractivity contribution in [1.29, 1.82) is 0 Å². The van der Waals surface area contributed by atoms with Crippen molar-refractivity contribution < 1.29 is 5.11 Å². The van der Waals surface area contributed by atoms with E-state index >= 15 is 0 Å². The molecule has 0 heterocycles. The number of hydrogen-bond acceptors (Lipinski definition) is 1. The van der Waals surface area contributed by atoms with Gasteiger partial charge >= 0.3 is 0 Å². The average Bonchev–Trinajstić information content (AvgIpc) is 2.04. The molecule has 0 aliphatic carbocycles. The molecule has 0 amide bonds. The van der Waals surface area contributed by atoms with Crippen LogP contribution in [-0.2, 0) is 0 Å². The molecule has 0 saturated carbocycles. The normalized spacial score (nSPS) is 14.2. The predicted octanol–water partition coefficient (Wildman–Crippen LogP) is 2.86. The third kappa shape index (κ3) is 3.90. The van der Waals surface area contributed by atoms with E-state index in [0.29, 0.717) is 0 Å². The topological polar surface area (TPSA) is 20.2 Å². The van der Waals surface area contributed by atoms with Gasteiger partial charge < -0.3 is 5.11 Å². The van der Waals surface area contributed by atoms with Gasteiger partial charge in [0, 0.05) is 0 Å². The van der Waals surface area contributed by atoms with Gasteiger partial charge in [-0.05, 0) is 25.8 Å². The molecule has 1 rings (SSSR count). The lowest BCUT2D eigenvalue weighted by Crippen LogP contribution is -1.99. The quantitative estimate of drug-likeness (QED) is 0.750. The molecule has 0 saturated heterocycles. The van der Waals surface area contributed by atoms with Crippen molar-refractivity contribution in [2.24, 2.45) is 0 Å². The molecule has 13 heavy (non-hydrogen) atoms. The van der Waals surface area contributed by atoms with Gasteiger partial charge in [0.25, 0.3) is 0 Å². The van der Waals surface area contributed by atoms with Crippen molar-refractivity contribution in [3.63, 3.8) is 0 Å². The highest BCUT2D eigenvalue weighted by Gasteiger charge is 1.96. The summed E-state index contributed by atoms with van der Waals surface area (Å²) in [6.45, 7) is 3.85. The molecule has 1 aromatic carbocycles. The number of benzene rings is 1. The third-order valence-corrected chi connectivity index (χ3v) is 1.83. The van der Waals surface area contributed by atoms with E-state index in [-0.39, 0.29) is 6.10 Å². The van der Waals surface area contributed by atoms with Crippen molar-refractivity contribution in [3.05, 3.63) is 41.5 Å². The van der Waals surface area contributed by atoms with Gasteiger partial charge in [0.2, 0.25) is 0 Å². The van der Waals surface area contributed by atoms with Crippen LogP contribution in [0, 0.1) is 0 Å². The van der Waals surface area contributed by atoms with Gasteiger partial charge in [0.15, 0.2) is 0 Å². The Hall–Kier alpha value is -1.08. The summed E-state index contributed by atoms with van der Waals surface area (Å²) in [5.41, 5.74) is 2.40. The van der Waals surface area contributed by atoms with Crippen LogP contribution in [0.5, 0.6) is 0 Å². The Kier molecular flexibility index (Phi) is 3.71. The first-order valence-corrected chi connectivity index (χ1v) is 4.59. The molecule has 0 spiro atoms. The van der Waals surface area contributed by atoms with E-state index in [1.165, 1.54) is 11.1 Å². The highest BCUT2D eigenvalue weighted by molar-refractivity contribution is 5.51. The number of rotatable bonds is 3. The summed E-state index contributed by atoms with van der Waals surface area (Å²) in [5.74, 6) is 0. The summed E-state index contributed by atoms with van der Waals surface area (Å²) in [5, 5.41) is 9.16. The zero-order chi connectivity index (χ0) is 9.68. The van der Waals surface area contributed by atoms with Crippen LogP contribution in [0.3, 0.4) is 0 Å². The predicted molar refractivity (Wildman–Crippen MR) is 56.4 cm³/mol. The van der Waals surface area contributed by atoms with E-state index in [0.717, 1.165) is 6.42 Å². The van der Waals surface area contributed by atoms with E-state index < -0.39 is 0 Å². The van der Waals surface area contributed by atoms with E-state index in [1.807, 2.05) is 32.0 Å². The molecule has 0 bridgehead atoms. The summed E-state index contributed by atoms with van der Waals surface area (Å²) >= 11 is 0. The molecular weight excluding hydrogens is 160 g/mol. The second-order valence-corrected chi connectivity index (χ2v) is 3.45. The maximum Gasteiger partial charge on any atom is 0.0549 e. The highest BCUT2D eigenvalue weighted by atomic mass is 16.3. The summed E-state index contributed by atoms with van der Waals surface area (Å²) in [6, 6.07) is 10.2. The third-order valence-electron chi connectivity index (χ3n) is 1.83. The maximum absolute atomic E-state index is 9.16. The Labute approximate surface area is 79.7 Å². The first kappa shape index (κ1) is 10.0. The number of hydrogen-bond donors (Lipinski definition) is 1. The van der Waals surface area contributed by atoms with Crippen LogP contribution in [0.15, 0.2) is 35.9 Å². The fraction of sp³-hybridized carbons (Fsp3) is 0.333. The molecule has 0 radical (unpaired) electrons. The fourth-order valence-electron chi connectivity index (χ4n) is 1.36. The Morgan fingerprint density at radius 3 is 2.54 bits per heavy atom. The molecule has 1 atom stereocenters. The molecule has 0 aromatic heterocycles. The van der Waals surface area contributed by atoms with Crippen LogP contribution < -0.4 is 0 Å². The van der Waals surface area contributed by atoms with Crippen LogP contribution in [0.4, 0.5) is 0 Å². The first-order valence-electron chi connectivity index (χ1n) is 4.59. The zero-order valence-electron chi connectivity index (χ0n) is 8.20. The van der Waals surface area contributed by atoms with E-state index in [2.05, 4.69) is 18.2 Å². The summed E-state index contributed by atoms with van der Waals surface area (Å²) in [7, 11) is 0. The standard InChI is InChI=1S/C12H16O/c1-10(8-11(2)13)9-12-6-4-3-5-7-12/h3-7,9,11,13H,8H2,1-2H3/t11-/m0/s1. The zero-order valence-corrected chi connectivity index (χ0v) is 8.20. The van der Waals surface area contributed by atoms with Crippen molar-refractivity contribution in [2.45, 2.75) is 26.4 Å². The lowest BCUT2D eigenvalue weighted by Gasteiger charge is -2.03. The van der Waals surface area contributed by atoms with Crippen molar-refractivity contribution in [1.82, 2.24) is 0 Å². The van der Waals surface area contributed by atoms with Gasteiger partial charge in [-0.15, -0.1) is 0 Å². The van der Waals surface area contributed by atoms with Gasteiger partial charge in [0.05, 0.1) is 6.10 Å². The van der Waals surface area contributed by atoms with Crippen LogP contribution in [0.2, 0.25) is 0 Å².